The molecule has 0 aliphatic rings. The molecule has 0 fully saturated rings. The smallest absolute Gasteiger partial charge is 0.708 e. The summed E-state index contributed by atoms with van der Waals surface area (Å²) in [7, 11) is 0. The average molecular weight is 353 g/mol. The monoisotopic (exact) mass is 353 g/mol. The molecular weight excluding hydrogens is 338 g/mol. The van der Waals surface area contributed by atoms with Gasteiger partial charge in [-0.1, -0.05) is 62.4 Å². The molecule has 0 heterocycles. The summed E-state index contributed by atoms with van der Waals surface area (Å²) in [6, 6.07) is 15.3. The van der Waals surface area contributed by atoms with E-state index in [0.717, 1.165) is 11.1 Å². The maximum absolute atomic E-state index is 10.5. The van der Waals surface area contributed by atoms with Gasteiger partial charge in [0.05, 0.1) is 0 Å². The maximum Gasteiger partial charge on any atom is 1.00 e. The van der Waals surface area contributed by atoms with E-state index in [0.29, 0.717) is 11.7 Å². The van der Waals surface area contributed by atoms with Gasteiger partial charge in [0.15, 0.2) is 0 Å². The average Bonchev–Trinajstić information content (AvgIpc) is 2.56. The number of aliphatic carboxylic acids is 1. The number of hydrogen-bond acceptors (Lipinski definition) is 4. The first kappa shape index (κ1) is 24.1. The number of benzene rings is 2. The number of hydrogen-bond donors (Lipinski definition) is 0. The van der Waals surface area contributed by atoms with Gasteiger partial charge in [-0.15, -0.1) is 0 Å². The number of ether oxygens (including phenoxy) is 1. The molecule has 0 aliphatic carbocycles. The van der Waals surface area contributed by atoms with Gasteiger partial charge in [0.25, 0.3) is 0 Å². The second kappa shape index (κ2) is 11.6. The van der Waals surface area contributed by atoms with Crippen molar-refractivity contribution in [3.63, 3.8) is 0 Å². The fourth-order valence-electron chi connectivity index (χ4n) is 1.99. The molecule has 2 rings (SSSR count). The van der Waals surface area contributed by atoms with Crippen LogP contribution < -0.4 is 69.0 Å². The first-order valence-corrected chi connectivity index (χ1v) is 7.08. The van der Waals surface area contributed by atoms with Gasteiger partial charge in [-0.2, -0.15) is 0 Å². The number of nitrogens with zero attached hydrogens (tertiary/aromatic N) is 2. The van der Waals surface area contributed by atoms with Crippen LogP contribution in [0.25, 0.3) is 16.7 Å². The molecule has 0 aliphatic heterocycles. The van der Waals surface area contributed by atoms with E-state index in [1.54, 1.807) is 12.1 Å². The Labute approximate surface area is 191 Å². The summed E-state index contributed by atoms with van der Waals surface area (Å²) in [5.74, 6) is -0.818. The minimum Gasteiger partial charge on any atom is -0.708 e. The van der Waals surface area contributed by atoms with Gasteiger partial charge >= 0.3 is 59.1 Å². The summed E-state index contributed by atoms with van der Waals surface area (Å²) >= 11 is 0. The first-order chi connectivity index (χ1) is 11.0. The maximum atomic E-state index is 10.5. The molecule has 0 saturated heterocycles. The Bertz CT molecular complexity index is 727. The molecule has 0 radical (unpaired) electrons. The molecule has 2 aromatic carbocycles. The van der Waals surface area contributed by atoms with Crippen LogP contribution in [-0.2, 0) is 4.79 Å². The molecule has 118 valence electrons. The predicted molar refractivity (Wildman–Crippen MR) is 84.1 cm³/mol. The quantitative estimate of drug-likeness (QED) is 0.186. The Morgan fingerprint density at radius 2 is 1.52 bits per heavy atom. The van der Waals surface area contributed by atoms with Gasteiger partial charge in [0, 0.05) is 12.0 Å². The van der Waals surface area contributed by atoms with E-state index in [-0.39, 0.29) is 59.1 Å². The molecule has 7 heteroatoms. The topological polar surface area (TPSA) is 84.0 Å². The van der Waals surface area contributed by atoms with E-state index < -0.39 is 11.7 Å². The van der Waals surface area contributed by atoms with Crippen LogP contribution in [0.1, 0.15) is 25.3 Å². The van der Waals surface area contributed by atoms with E-state index in [4.69, 9.17) is 10.3 Å². The van der Waals surface area contributed by atoms with Crippen molar-refractivity contribution >= 4 is 5.97 Å². The zero-order valence-corrected chi connectivity index (χ0v) is 18.8. The van der Waals surface area contributed by atoms with E-state index in [1.165, 1.54) is 5.56 Å². The third-order valence-electron chi connectivity index (χ3n) is 3.32. The normalized spacial score (nSPS) is 10.4. The molecular formula is C18H15N2Na2O3-. The molecule has 0 amide bonds. The minimum absolute atomic E-state index is 0. The predicted octanol–water partition coefficient (Wildman–Crippen LogP) is -2.72. The summed E-state index contributed by atoms with van der Waals surface area (Å²) in [5.41, 5.74) is 11.0. The zero-order valence-electron chi connectivity index (χ0n) is 14.8. The molecule has 0 aromatic heterocycles. The Kier molecular flexibility index (Phi) is 11.2. The number of carbonyl (C=O) groups is 1. The fraction of sp³-hybridized carbons (Fsp3) is 0.167. The van der Waals surface area contributed by atoms with Crippen LogP contribution in [0, 0.1) is 6.26 Å². The van der Waals surface area contributed by atoms with Gasteiger partial charge in [0.1, 0.15) is 0 Å². The van der Waals surface area contributed by atoms with Gasteiger partial charge < -0.3 is 25.3 Å². The van der Waals surface area contributed by atoms with Gasteiger partial charge in [0.2, 0.25) is 0 Å². The van der Waals surface area contributed by atoms with Crippen molar-refractivity contribution in [3.05, 3.63) is 71.6 Å². The van der Waals surface area contributed by atoms with Crippen LogP contribution in [0.15, 0.2) is 59.3 Å². The molecule has 0 unspecified atom stereocenters. The molecule has 0 spiro atoms. The van der Waals surface area contributed by atoms with Crippen LogP contribution in [0.2, 0.25) is 0 Å². The zero-order chi connectivity index (χ0) is 16.8. The molecule has 0 N–H and O–H groups in total. The van der Waals surface area contributed by atoms with E-state index in [9.17, 15) is 9.90 Å². The van der Waals surface area contributed by atoms with E-state index in [1.807, 2.05) is 18.4 Å². The van der Waals surface area contributed by atoms with Crippen molar-refractivity contribution in [3.8, 4) is 16.9 Å². The molecule has 0 bridgehead atoms. The standard InChI is InChI=1S/C18H16N2O3.2Na/c1-12(2)13-3-5-14(6-4-13)15-7-9-16(10-8-15)23-11-17(20-19)18(21)22;;/h3-10,12H,1-2H3,(H,21,22);;/q-2;2*+1/p-1. The summed E-state index contributed by atoms with van der Waals surface area (Å²) in [6.07, 6.45) is 2.00. The summed E-state index contributed by atoms with van der Waals surface area (Å²) in [4.78, 5) is 10.5. The van der Waals surface area contributed by atoms with Crippen molar-refractivity contribution in [1.29, 1.82) is 0 Å². The van der Waals surface area contributed by atoms with Crippen LogP contribution in [0.3, 0.4) is 0 Å². The SMILES string of the molecule is CC(C)c1ccc(-c2ccc(O[C-]=C(N=[N-])C(=O)[O-])cc2)cc1.[Na+].[Na+]. The Morgan fingerprint density at radius 1 is 1.04 bits per heavy atom. The number of carboxylic acid groups (broad SMARTS) is 1. The van der Waals surface area contributed by atoms with E-state index >= 15 is 0 Å². The van der Waals surface area contributed by atoms with Gasteiger partial charge in [-0.3, -0.25) is 0 Å². The Balaban J connectivity index is 0.00000288. The Morgan fingerprint density at radius 3 is 1.92 bits per heavy atom. The summed E-state index contributed by atoms with van der Waals surface area (Å²) in [6.45, 7) is 4.29. The van der Waals surface area contributed by atoms with E-state index in [2.05, 4.69) is 43.2 Å². The molecule has 0 saturated carbocycles. The summed E-state index contributed by atoms with van der Waals surface area (Å²) in [5, 5.41) is 13.0. The second-order valence-corrected chi connectivity index (χ2v) is 5.24. The second-order valence-electron chi connectivity index (χ2n) is 5.24. The van der Waals surface area contributed by atoms with Gasteiger partial charge in [-0.05, 0) is 34.3 Å². The van der Waals surface area contributed by atoms with Crippen molar-refractivity contribution in [1.82, 2.24) is 0 Å². The molecule has 2 aromatic rings. The number of carboxylic acids is 1. The first-order valence-electron chi connectivity index (χ1n) is 7.08. The number of rotatable bonds is 6. The molecule has 25 heavy (non-hydrogen) atoms. The molecule has 5 nitrogen and oxygen atoms in total. The van der Waals surface area contributed by atoms with Crippen molar-refractivity contribution in [2.75, 3.05) is 0 Å². The van der Waals surface area contributed by atoms with Gasteiger partial charge in [-0.25, -0.2) is 0 Å². The van der Waals surface area contributed by atoms with Crippen LogP contribution in [0.4, 0.5) is 0 Å². The summed E-state index contributed by atoms with van der Waals surface area (Å²) < 4.78 is 5.00. The van der Waals surface area contributed by atoms with Crippen molar-refractivity contribution in [2.45, 2.75) is 19.8 Å². The fourth-order valence-corrected chi connectivity index (χ4v) is 1.99. The van der Waals surface area contributed by atoms with Crippen LogP contribution in [0.5, 0.6) is 5.75 Å². The molecule has 0 atom stereocenters. The van der Waals surface area contributed by atoms with Crippen LogP contribution in [-0.4, -0.2) is 5.97 Å². The Hall–Kier alpha value is -0.950. The third kappa shape index (κ3) is 7.05. The minimum atomic E-state index is -1.67. The third-order valence-corrected chi connectivity index (χ3v) is 3.32. The largest absolute Gasteiger partial charge is 1.00 e. The van der Waals surface area contributed by atoms with Crippen LogP contribution >= 0.6 is 0 Å². The van der Waals surface area contributed by atoms with Crippen molar-refractivity contribution in [2.24, 2.45) is 5.11 Å². The van der Waals surface area contributed by atoms with Crippen molar-refractivity contribution < 1.29 is 73.8 Å². The number of carbonyl (C=O) groups excluding carboxylic acids is 1.